The topological polar surface area (TPSA) is 25.8 Å². The van der Waals surface area contributed by atoms with Crippen LogP contribution in [0.1, 0.15) is 0 Å². The zero-order valence-corrected chi connectivity index (χ0v) is 29.6. The van der Waals surface area contributed by atoms with Crippen LogP contribution in [0.15, 0.2) is 194 Å². The van der Waals surface area contributed by atoms with Gasteiger partial charge in [-0.25, -0.2) is 9.97 Å². The number of benzene rings is 8. The number of nitrogens with zero attached hydrogens (tertiary/aromatic N) is 2. The first-order chi connectivity index (χ1) is 26.2. The average Bonchev–Trinajstić information content (AvgIpc) is 3.63. The fourth-order valence-electron chi connectivity index (χ4n) is 7.39. The van der Waals surface area contributed by atoms with Crippen LogP contribution in [0.4, 0.5) is 0 Å². The first-order valence-corrected chi connectivity index (χ1v) is 18.7. The van der Waals surface area contributed by atoms with Gasteiger partial charge in [-0.2, -0.15) is 0 Å². The molecule has 2 nitrogen and oxygen atoms in total. The van der Waals surface area contributed by atoms with Crippen molar-refractivity contribution in [3.63, 3.8) is 0 Å². The van der Waals surface area contributed by atoms with Gasteiger partial charge in [0.15, 0.2) is 5.82 Å². The van der Waals surface area contributed by atoms with Crippen LogP contribution >= 0.6 is 11.3 Å². The zero-order valence-electron chi connectivity index (χ0n) is 28.8. The molecule has 0 aliphatic rings. The highest BCUT2D eigenvalue weighted by Gasteiger charge is 2.16. The largest absolute Gasteiger partial charge is 0.228 e. The maximum atomic E-state index is 5.29. The van der Waals surface area contributed by atoms with Gasteiger partial charge in [-0.05, 0) is 86.6 Å². The second-order valence-corrected chi connectivity index (χ2v) is 14.5. The Hall–Kier alpha value is -6.68. The van der Waals surface area contributed by atoms with E-state index in [1.165, 1.54) is 47.6 Å². The van der Waals surface area contributed by atoms with Crippen molar-refractivity contribution >= 4 is 42.3 Å². The smallest absolute Gasteiger partial charge is 0.160 e. The molecule has 0 aliphatic heterocycles. The first-order valence-electron chi connectivity index (χ1n) is 17.9. The minimum absolute atomic E-state index is 0.701. The average molecular weight is 693 g/mol. The molecule has 0 amide bonds. The van der Waals surface area contributed by atoms with Crippen LogP contribution in [0.3, 0.4) is 0 Å². The second-order valence-electron chi connectivity index (χ2n) is 13.4. The van der Waals surface area contributed by atoms with Gasteiger partial charge in [0.05, 0.1) is 11.4 Å². The van der Waals surface area contributed by atoms with Gasteiger partial charge in [0, 0.05) is 36.9 Å². The number of hydrogen-bond donors (Lipinski definition) is 0. The predicted molar refractivity (Wildman–Crippen MR) is 225 cm³/mol. The monoisotopic (exact) mass is 692 g/mol. The van der Waals surface area contributed by atoms with E-state index in [9.17, 15) is 0 Å². The molecule has 2 heterocycles. The standard InChI is InChI=1S/C50H32N2S/c1-3-13-33(14-4-1)37-19-11-20-39(28-37)46-32-47(52-50(51-46)35-16-5-2-6-17-35)42-30-40(38-26-25-34-15-7-8-18-36(34)27-38)29-41(31-42)43-22-12-23-45-44-21-9-10-24-48(44)53-49(43)45/h1-32H. The lowest BCUT2D eigenvalue weighted by molar-refractivity contribution is 1.18. The van der Waals surface area contributed by atoms with Crippen molar-refractivity contribution in [3.05, 3.63) is 194 Å². The summed E-state index contributed by atoms with van der Waals surface area (Å²) < 4.78 is 2.59. The summed E-state index contributed by atoms with van der Waals surface area (Å²) in [6, 6.07) is 69.3. The quantitative estimate of drug-likeness (QED) is 0.173. The van der Waals surface area contributed by atoms with Crippen molar-refractivity contribution in [1.29, 1.82) is 0 Å². The highest BCUT2D eigenvalue weighted by molar-refractivity contribution is 7.26. The van der Waals surface area contributed by atoms with Crippen LogP contribution < -0.4 is 0 Å². The van der Waals surface area contributed by atoms with Crippen LogP contribution in [-0.2, 0) is 0 Å². The van der Waals surface area contributed by atoms with Crippen molar-refractivity contribution in [2.45, 2.75) is 0 Å². The van der Waals surface area contributed by atoms with E-state index < -0.39 is 0 Å². The van der Waals surface area contributed by atoms with Gasteiger partial charge in [0.1, 0.15) is 0 Å². The number of rotatable bonds is 6. The normalized spacial score (nSPS) is 11.4. The van der Waals surface area contributed by atoms with Crippen molar-refractivity contribution in [2.24, 2.45) is 0 Å². The Balaban J connectivity index is 1.21. The molecule has 0 N–H and O–H groups in total. The Kier molecular flexibility index (Phi) is 7.71. The van der Waals surface area contributed by atoms with Crippen LogP contribution in [0.5, 0.6) is 0 Å². The summed E-state index contributed by atoms with van der Waals surface area (Å²) in [6.45, 7) is 0. The van der Waals surface area contributed by atoms with E-state index in [2.05, 4.69) is 176 Å². The summed E-state index contributed by atoms with van der Waals surface area (Å²) in [6.07, 6.45) is 0. The molecule has 248 valence electrons. The van der Waals surface area contributed by atoms with E-state index in [1.54, 1.807) is 0 Å². The third kappa shape index (κ3) is 5.87. The third-order valence-corrected chi connectivity index (χ3v) is 11.3. The summed E-state index contributed by atoms with van der Waals surface area (Å²) in [5.41, 5.74) is 11.9. The molecule has 0 bridgehead atoms. The molecule has 10 aromatic rings. The Morgan fingerprint density at radius 2 is 0.906 bits per heavy atom. The number of thiophene rings is 1. The van der Waals surface area contributed by atoms with E-state index in [1.807, 2.05) is 29.5 Å². The first kappa shape index (κ1) is 31.1. The van der Waals surface area contributed by atoms with E-state index in [4.69, 9.17) is 9.97 Å². The maximum Gasteiger partial charge on any atom is 0.160 e. The van der Waals surface area contributed by atoms with Crippen molar-refractivity contribution in [3.8, 4) is 67.3 Å². The highest BCUT2D eigenvalue weighted by atomic mass is 32.1. The molecular weight excluding hydrogens is 661 g/mol. The molecule has 0 unspecified atom stereocenters. The van der Waals surface area contributed by atoms with Gasteiger partial charge in [-0.1, -0.05) is 152 Å². The molecule has 8 aromatic carbocycles. The van der Waals surface area contributed by atoms with Crippen molar-refractivity contribution in [2.75, 3.05) is 0 Å². The molecule has 0 atom stereocenters. The number of hydrogen-bond acceptors (Lipinski definition) is 3. The van der Waals surface area contributed by atoms with Gasteiger partial charge in [-0.15, -0.1) is 11.3 Å². The van der Waals surface area contributed by atoms with Crippen molar-refractivity contribution < 1.29 is 0 Å². The molecule has 10 rings (SSSR count). The Morgan fingerprint density at radius 3 is 1.75 bits per heavy atom. The van der Waals surface area contributed by atoms with Gasteiger partial charge in [-0.3, -0.25) is 0 Å². The van der Waals surface area contributed by atoms with Gasteiger partial charge >= 0.3 is 0 Å². The molecule has 0 aliphatic carbocycles. The summed E-state index contributed by atoms with van der Waals surface area (Å²) in [5, 5.41) is 5.03. The second kappa shape index (κ2) is 13.1. The van der Waals surface area contributed by atoms with Gasteiger partial charge in [0.2, 0.25) is 0 Å². The van der Waals surface area contributed by atoms with E-state index >= 15 is 0 Å². The molecule has 0 saturated heterocycles. The van der Waals surface area contributed by atoms with E-state index in [0.29, 0.717) is 5.82 Å². The van der Waals surface area contributed by atoms with Crippen LogP contribution in [-0.4, -0.2) is 9.97 Å². The molecule has 3 heteroatoms. The van der Waals surface area contributed by atoms with E-state index in [-0.39, 0.29) is 0 Å². The van der Waals surface area contributed by atoms with E-state index in [0.717, 1.165) is 44.8 Å². The fourth-order valence-corrected chi connectivity index (χ4v) is 8.63. The lowest BCUT2D eigenvalue weighted by atomic mass is 9.93. The van der Waals surface area contributed by atoms with Gasteiger partial charge < -0.3 is 0 Å². The molecule has 2 aromatic heterocycles. The lowest BCUT2D eigenvalue weighted by Crippen LogP contribution is -1.97. The molecule has 0 spiro atoms. The third-order valence-electron chi connectivity index (χ3n) is 10.1. The summed E-state index contributed by atoms with van der Waals surface area (Å²) in [7, 11) is 0. The van der Waals surface area contributed by atoms with Crippen molar-refractivity contribution in [1.82, 2.24) is 9.97 Å². The summed E-state index contributed by atoms with van der Waals surface area (Å²) in [4.78, 5) is 10.5. The highest BCUT2D eigenvalue weighted by Crippen LogP contribution is 2.42. The molecule has 0 saturated carbocycles. The maximum absolute atomic E-state index is 5.29. The molecule has 0 fully saturated rings. The minimum Gasteiger partial charge on any atom is -0.228 e. The Labute approximate surface area is 312 Å². The summed E-state index contributed by atoms with van der Waals surface area (Å²) in [5.74, 6) is 0.701. The molecule has 53 heavy (non-hydrogen) atoms. The number of aromatic nitrogens is 2. The number of fused-ring (bicyclic) bond motifs is 4. The molecule has 0 radical (unpaired) electrons. The summed E-state index contributed by atoms with van der Waals surface area (Å²) >= 11 is 1.86. The minimum atomic E-state index is 0.701. The van der Waals surface area contributed by atoms with Crippen LogP contribution in [0.2, 0.25) is 0 Å². The Bertz CT molecular complexity index is 2950. The fraction of sp³-hybridized carbons (Fsp3) is 0. The lowest BCUT2D eigenvalue weighted by Gasteiger charge is -2.14. The predicted octanol–water partition coefficient (Wildman–Crippen LogP) is 14.0. The Morgan fingerprint density at radius 1 is 0.321 bits per heavy atom. The SMILES string of the molecule is c1ccc(-c2cccc(-c3cc(-c4cc(-c5ccc6ccccc6c5)cc(-c5cccc6c5sc5ccccc56)c4)nc(-c4ccccc4)n3)c2)cc1. The van der Waals surface area contributed by atoms with Gasteiger partial charge in [0.25, 0.3) is 0 Å². The van der Waals surface area contributed by atoms with Crippen LogP contribution in [0.25, 0.3) is 98.2 Å². The zero-order chi connectivity index (χ0) is 35.1. The molecular formula is C50H32N2S. The van der Waals surface area contributed by atoms with Crippen LogP contribution in [0, 0.1) is 0 Å².